The minimum absolute atomic E-state index is 0.120. The molecule has 0 spiro atoms. The summed E-state index contributed by atoms with van der Waals surface area (Å²) in [6.45, 7) is 6.90. The van der Waals surface area contributed by atoms with Gasteiger partial charge in [-0.1, -0.05) is 48.3 Å². The minimum atomic E-state index is 0.120. The number of hydrogen-bond donors (Lipinski definition) is 1. The van der Waals surface area contributed by atoms with E-state index in [1.807, 2.05) is 37.7 Å². The third-order valence-corrected chi connectivity index (χ3v) is 4.71. The molecule has 3 nitrogen and oxygen atoms in total. The van der Waals surface area contributed by atoms with Crippen LogP contribution in [0.5, 0.6) is 0 Å². The predicted molar refractivity (Wildman–Crippen MR) is 89.3 cm³/mol. The van der Waals surface area contributed by atoms with Gasteiger partial charge in [0.2, 0.25) is 0 Å². The van der Waals surface area contributed by atoms with Crippen LogP contribution in [0.25, 0.3) is 0 Å². The molecule has 21 heavy (non-hydrogen) atoms. The summed E-state index contributed by atoms with van der Waals surface area (Å²) >= 11 is 12.9. The van der Waals surface area contributed by atoms with Crippen molar-refractivity contribution in [3.8, 4) is 0 Å². The maximum absolute atomic E-state index is 6.48. The van der Waals surface area contributed by atoms with E-state index < -0.39 is 0 Å². The molecule has 0 fully saturated rings. The second-order valence-electron chi connectivity index (χ2n) is 5.26. The van der Waals surface area contributed by atoms with Crippen LogP contribution in [0, 0.1) is 13.8 Å². The van der Waals surface area contributed by atoms with Crippen molar-refractivity contribution in [3.05, 3.63) is 50.8 Å². The highest BCUT2D eigenvalue weighted by atomic mass is 35.5. The Labute approximate surface area is 136 Å². The average Bonchev–Trinajstić information content (AvgIpc) is 2.68. The molecule has 0 saturated heterocycles. The largest absolute Gasteiger partial charge is 0.310 e. The molecule has 0 aliphatic rings. The van der Waals surface area contributed by atoms with Crippen molar-refractivity contribution in [1.29, 1.82) is 0 Å². The number of likely N-dealkylation sites (N-methyl/N-ethyl adjacent to an activating group) is 1. The summed E-state index contributed by atoms with van der Waals surface area (Å²) < 4.78 is 1.85. The highest BCUT2D eigenvalue weighted by Gasteiger charge is 2.20. The van der Waals surface area contributed by atoms with E-state index in [0.717, 1.165) is 45.5 Å². The van der Waals surface area contributed by atoms with Gasteiger partial charge in [-0.05, 0) is 31.5 Å². The molecule has 1 N–H and O–H groups in total. The number of aryl methyl sites for hydroxylation is 3. The molecule has 1 atom stereocenters. The average molecular weight is 326 g/mol. The van der Waals surface area contributed by atoms with Crippen LogP contribution >= 0.6 is 23.2 Å². The minimum Gasteiger partial charge on any atom is -0.310 e. The lowest BCUT2D eigenvalue weighted by Crippen LogP contribution is -2.24. The van der Waals surface area contributed by atoms with E-state index >= 15 is 0 Å². The molecule has 114 valence electrons. The fourth-order valence-corrected chi connectivity index (χ4v) is 3.07. The summed E-state index contributed by atoms with van der Waals surface area (Å²) in [4.78, 5) is 0. The fourth-order valence-electron chi connectivity index (χ4n) is 2.57. The van der Waals surface area contributed by atoms with E-state index in [0.29, 0.717) is 0 Å². The van der Waals surface area contributed by atoms with Crippen molar-refractivity contribution >= 4 is 23.2 Å². The van der Waals surface area contributed by atoms with Crippen LogP contribution in [0.2, 0.25) is 10.0 Å². The molecule has 1 aromatic carbocycles. The summed E-state index contributed by atoms with van der Waals surface area (Å²) in [6, 6.07) is 6.25. The van der Waals surface area contributed by atoms with Gasteiger partial charge >= 0.3 is 0 Å². The lowest BCUT2D eigenvalue weighted by atomic mass is 9.99. The zero-order chi connectivity index (χ0) is 15.6. The molecule has 0 saturated carbocycles. The van der Waals surface area contributed by atoms with Crippen LogP contribution in [0.4, 0.5) is 0 Å². The monoisotopic (exact) mass is 325 g/mol. The highest BCUT2D eigenvalue weighted by molar-refractivity contribution is 6.32. The van der Waals surface area contributed by atoms with Crippen LogP contribution in [0.3, 0.4) is 0 Å². The van der Waals surface area contributed by atoms with Crippen LogP contribution in [-0.2, 0) is 13.5 Å². The third kappa shape index (κ3) is 3.42. The summed E-state index contributed by atoms with van der Waals surface area (Å²) in [5.74, 6) is 0. The van der Waals surface area contributed by atoms with E-state index in [4.69, 9.17) is 23.2 Å². The Morgan fingerprint density at radius 1 is 1.24 bits per heavy atom. The van der Waals surface area contributed by atoms with Crippen LogP contribution < -0.4 is 5.32 Å². The number of nitrogens with zero attached hydrogens (tertiary/aromatic N) is 2. The molecular formula is C16H21Cl2N3. The Hall–Kier alpha value is -1.03. The van der Waals surface area contributed by atoms with Gasteiger partial charge in [-0.15, -0.1) is 0 Å². The lowest BCUT2D eigenvalue weighted by molar-refractivity contribution is 0.528. The summed E-state index contributed by atoms with van der Waals surface area (Å²) in [5, 5.41) is 9.43. The first-order valence-corrected chi connectivity index (χ1v) is 7.87. The molecular weight excluding hydrogens is 305 g/mol. The number of aromatic nitrogens is 2. The fraction of sp³-hybridized carbons (Fsp3) is 0.438. The second kappa shape index (κ2) is 6.82. The highest BCUT2D eigenvalue weighted by Crippen LogP contribution is 2.30. The molecule has 5 heteroatoms. The zero-order valence-electron chi connectivity index (χ0n) is 12.9. The lowest BCUT2D eigenvalue weighted by Gasteiger charge is -2.21. The van der Waals surface area contributed by atoms with E-state index in [1.165, 1.54) is 0 Å². The van der Waals surface area contributed by atoms with Gasteiger partial charge in [-0.25, -0.2) is 0 Å². The van der Waals surface area contributed by atoms with Gasteiger partial charge in [0.05, 0.1) is 16.4 Å². The van der Waals surface area contributed by atoms with Gasteiger partial charge in [0.25, 0.3) is 0 Å². The molecule has 1 unspecified atom stereocenters. The van der Waals surface area contributed by atoms with Crippen molar-refractivity contribution in [2.24, 2.45) is 7.05 Å². The van der Waals surface area contributed by atoms with E-state index in [2.05, 4.69) is 23.4 Å². The van der Waals surface area contributed by atoms with Crippen molar-refractivity contribution in [2.45, 2.75) is 33.2 Å². The maximum atomic E-state index is 6.48. The molecule has 2 aromatic rings. The topological polar surface area (TPSA) is 29.9 Å². The molecule has 0 radical (unpaired) electrons. The predicted octanol–water partition coefficient (Wildman–Crippen LogP) is 4.24. The van der Waals surface area contributed by atoms with Gasteiger partial charge in [0, 0.05) is 24.5 Å². The molecule has 2 rings (SSSR count). The molecule has 1 aromatic heterocycles. The van der Waals surface area contributed by atoms with Gasteiger partial charge in [-0.3, -0.25) is 4.68 Å². The summed E-state index contributed by atoms with van der Waals surface area (Å²) in [5.41, 5.74) is 4.08. The summed E-state index contributed by atoms with van der Waals surface area (Å²) in [7, 11) is 1.93. The number of hydrogen-bond acceptors (Lipinski definition) is 2. The molecule has 0 aliphatic heterocycles. The van der Waals surface area contributed by atoms with Crippen molar-refractivity contribution < 1.29 is 0 Å². The van der Waals surface area contributed by atoms with E-state index in [-0.39, 0.29) is 6.04 Å². The molecule has 0 amide bonds. The summed E-state index contributed by atoms with van der Waals surface area (Å²) in [6.07, 6.45) is 0.757. The first-order valence-electron chi connectivity index (χ1n) is 7.12. The number of rotatable bonds is 5. The third-order valence-electron chi connectivity index (χ3n) is 3.71. The van der Waals surface area contributed by atoms with Gasteiger partial charge < -0.3 is 5.32 Å². The van der Waals surface area contributed by atoms with Crippen molar-refractivity contribution in [1.82, 2.24) is 15.1 Å². The van der Waals surface area contributed by atoms with E-state index in [1.54, 1.807) is 0 Å². The van der Waals surface area contributed by atoms with Crippen molar-refractivity contribution in [2.75, 3.05) is 6.54 Å². The van der Waals surface area contributed by atoms with Crippen LogP contribution in [0.1, 0.15) is 35.5 Å². The normalized spacial score (nSPS) is 12.7. The standard InChI is InChI=1S/C16H21Cl2N3/c1-5-19-13(12-8-6-7-10(2)15(12)17)9-14-16(18)11(3)20-21(14)4/h6-8,13,19H,5,9H2,1-4H3. The Kier molecular flexibility index (Phi) is 5.31. The Balaban J connectivity index is 2.38. The second-order valence-corrected chi connectivity index (χ2v) is 6.02. The Morgan fingerprint density at radius 2 is 1.95 bits per heavy atom. The van der Waals surface area contributed by atoms with Crippen molar-refractivity contribution in [3.63, 3.8) is 0 Å². The quantitative estimate of drug-likeness (QED) is 0.891. The zero-order valence-corrected chi connectivity index (χ0v) is 14.4. The number of nitrogens with one attached hydrogen (secondary N) is 1. The molecule has 0 bridgehead atoms. The van der Waals surface area contributed by atoms with Gasteiger partial charge in [0.1, 0.15) is 0 Å². The number of halogens is 2. The molecule has 0 aliphatic carbocycles. The Morgan fingerprint density at radius 3 is 2.52 bits per heavy atom. The first-order chi connectivity index (χ1) is 9.95. The van der Waals surface area contributed by atoms with Gasteiger partial charge in [0.15, 0.2) is 0 Å². The smallest absolute Gasteiger partial charge is 0.0847 e. The SMILES string of the molecule is CCNC(Cc1c(Cl)c(C)nn1C)c1cccc(C)c1Cl. The maximum Gasteiger partial charge on any atom is 0.0847 e. The molecule has 1 heterocycles. The van der Waals surface area contributed by atoms with Gasteiger partial charge in [-0.2, -0.15) is 5.10 Å². The van der Waals surface area contributed by atoms with Crippen LogP contribution in [0.15, 0.2) is 18.2 Å². The number of benzene rings is 1. The van der Waals surface area contributed by atoms with E-state index in [9.17, 15) is 0 Å². The Bertz CT molecular complexity index is 635. The first kappa shape index (κ1) is 16.3. The van der Waals surface area contributed by atoms with Crippen LogP contribution in [-0.4, -0.2) is 16.3 Å².